The molecule has 3 rings (SSSR count). The summed E-state index contributed by atoms with van der Waals surface area (Å²) < 4.78 is 2.52. The summed E-state index contributed by atoms with van der Waals surface area (Å²) in [5.41, 5.74) is 7.18. The highest BCUT2D eigenvalue weighted by atomic mass is 32.1. The summed E-state index contributed by atoms with van der Waals surface area (Å²) in [4.78, 5) is 4.47. The molecule has 1 aromatic rings. The third kappa shape index (κ3) is 7.10. The molecule has 194 valence electrons. The zero-order valence-corrected chi connectivity index (χ0v) is 24.6. The molecule has 36 heavy (non-hydrogen) atoms. The van der Waals surface area contributed by atoms with Crippen molar-refractivity contribution in [2.24, 2.45) is 0 Å². The van der Waals surface area contributed by atoms with Gasteiger partial charge in [-0.2, -0.15) is 0 Å². The van der Waals surface area contributed by atoms with Crippen LogP contribution in [0, 0.1) is 0 Å². The van der Waals surface area contributed by atoms with E-state index >= 15 is 0 Å². The Morgan fingerprint density at radius 3 is 1.72 bits per heavy atom. The van der Waals surface area contributed by atoms with Gasteiger partial charge in [0.1, 0.15) is 13.1 Å². The lowest BCUT2D eigenvalue weighted by molar-refractivity contribution is -0.527. The molecule has 0 amide bonds. The molecule has 0 saturated carbocycles. The molecule has 0 atom stereocenters. The van der Waals surface area contributed by atoms with Crippen LogP contribution in [0.5, 0.6) is 0 Å². The first kappa shape index (κ1) is 28.7. The van der Waals surface area contributed by atoms with E-state index in [1.165, 1.54) is 73.9 Å². The van der Waals surface area contributed by atoms with Gasteiger partial charge in [-0.25, -0.2) is 4.58 Å². The lowest BCUT2D eigenvalue weighted by Crippen LogP contribution is -2.25. The van der Waals surface area contributed by atoms with Crippen LogP contribution >= 0.6 is 24.8 Å². The van der Waals surface area contributed by atoms with Crippen molar-refractivity contribution in [3.05, 3.63) is 70.2 Å². The molecule has 0 bridgehead atoms. The summed E-state index contributed by atoms with van der Waals surface area (Å²) in [6.45, 7) is 13.5. The van der Waals surface area contributed by atoms with E-state index in [0.29, 0.717) is 0 Å². The molecule has 4 heteroatoms. The second-order valence-corrected chi connectivity index (χ2v) is 10.8. The second kappa shape index (κ2) is 14.7. The van der Waals surface area contributed by atoms with Crippen LogP contribution in [0.25, 0.3) is 5.57 Å². The Morgan fingerprint density at radius 1 is 0.722 bits per heavy atom. The summed E-state index contributed by atoms with van der Waals surface area (Å²) in [7, 11) is 0. The van der Waals surface area contributed by atoms with Gasteiger partial charge in [-0.15, -0.1) is 12.6 Å². The van der Waals surface area contributed by atoms with Crippen molar-refractivity contribution in [1.82, 2.24) is 0 Å². The number of rotatable bonds is 14. The first-order chi connectivity index (χ1) is 17.5. The van der Waals surface area contributed by atoms with E-state index in [0.717, 1.165) is 47.1 Å². The van der Waals surface area contributed by atoms with Crippen molar-refractivity contribution >= 4 is 46.7 Å². The second-order valence-electron chi connectivity index (χ2n) is 9.91. The third-order valence-electron chi connectivity index (χ3n) is 7.10. The number of hydrogen-bond acceptors (Lipinski definition) is 3. The molecular formula is C32H45N2S2+. The molecule has 2 nitrogen and oxygen atoms in total. The number of benzene rings is 1. The molecule has 0 spiro atoms. The first-order valence-corrected chi connectivity index (χ1v) is 15.0. The fraction of sp³-hybridized carbons (Fsp3) is 0.500. The Bertz CT molecular complexity index is 1020. The van der Waals surface area contributed by atoms with Gasteiger partial charge in [0, 0.05) is 59.8 Å². The van der Waals surface area contributed by atoms with Crippen LogP contribution < -0.4 is 4.90 Å². The third-order valence-corrected chi connectivity index (χ3v) is 7.95. The fourth-order valence-electron chi connectivity index (χ4n) is 4.75. The Kier molecular flexibility index (Phi) is 11.7. The summed E-state index contributed by atoms with van der Waals surface area (Å²) in [6.07, 6.45) is 18.8. The van der Waals surface area contributed by atoms with Crippen LogP contribution in [0.2, 0.25) is 0 Å². The molecule has 0 heterocycles. The van der Waals surface area contributed by atoms with Crippen molar-refractivity contribution in [3.8, 4) is 0 Å². The summed E-state index contributed by atoms with van der Waals surface area (Å²) >= 11 is 10.8. The molecule has 0 fully saturated rings. The van der Waals surface area contributed by atoms with E-state index in [2.05, 4.69) is 85.7 Å². The van der Waals surface area contributed by atoms with Crippen LogP contribution in [0.3, 0.4) is 0 Å². The Balaban J connectivity index is 1.79. The highest BCUT2D eigenvalue weighted by Gasteiger charge is 2.31. The molecule has 0 aromatic heterocycles. The molecule has 0 saturated heterocycles. The number of allylic oxidation sites excluding steroid dienone is 7. The molecule has 0 unspecified atom stereocenters. The lowest BCUT2D eigenvalue weighted by atomic mass is 9.82. The normalized spacial score (nSPS) is 15.1. The SMILES string of the molecule is CCCCN(CCCC)c1ccc(C2=C(S)C(=C3C=CC(=[N+](CCCC)CCCC)C=C3)C2=S)cc1. The molecule has 2 aliphatic rings. The van der Waals surface area contributed by atoms with Gasteiger partial charge in [0.05, 0.1) is 4.86 Å². The molecule has 0 N–H and O–H groups in total. The number of hydrogen-bond donors (Lipinski definition) is 1. The van der Waals surface area contributed by atoms with Gasteiger partial charge in [-0.05, 0) is 48.3 Å². The Morgan fingerprint density at radius 2 is 1.25 bits per heavy atom. The average molecular weight is 522 g/mol. The van der Waals surface area contributed by atoms with E-state index < -0.39 is 0 Å². The van der Waals surface area contributed by atoms with Crippen molar-refractivity contribution in [2.75, 3.05) is 31.1 Å². The highest BCUT2D eigenvalue weighted by molar-refractivity contribution is 7.87. The maximum atomic E-state index is 5.90. The van der Waals surface area contributed by atoms with Crippen LogP contribution in [0.15, 0.2) is 64.6 Å². The molecular weight excluding hydrogens is 477 g/mol. The minimum absolute atomic E-state index is 0.933. The summed E-state index contributed by atoms with van der Waals surface area (Å²) in [5.74, 6) is 0. The summed E-state index contributed by atoms with van der Waals surface area (Å²) in [6, 6.07) is 8.95. The maximum Gasteiger partial charge on any atom is 0.199 e. The Hall–Kier alpha value is -1.91. The smallest absolute Gasteiger partial charge is 0.199 e. The number of thiocarbonyl (C=S) groups is 1. The lowest BCUT2D eigenvalue weighted by Gasteiger charge is -2.29. The quantitative estimate of drug-likeness (QED) is 0.113. The van der Waals surface area contributed by atoms with Crippen LogP contribution in [0.1, 0.15) is 84.6 Å². The van der Waals surface area contributed by atoms with Gasteiger partial charge in [-0.1, -0.05) is 77.7 Å². The minimum Gasteiger partial charge on any atom is -0.372 e. The number of anilines is 1. The minimum atomic E-state index is 0.933. The van der Waals surface area contributed by atoms with Gasteiger partial charge < -0.3 is 4.90 Å². The molecule has 0 aliphatic heterocycles. The average Bonchev–Trinajstić information content (AvgIpc) is 2.90. The van der Waals surface area contributed by atoms with Crippen molar-refractivity contribution < 1.29 is 4.58 Å². The zero-order valence-electron chi connectivity index (χ0n) is 22.9. The van der Waals surface area contributed by atoms with Crippen LogP contribution in [-0.4, -0.2) is 41.3 Å². The van der Waals surface area contributed by atoms with E-state index in [-0.39, 0.29) is 0 Å². The van der Waals surface area contributed by atoms with Crippen molar-refractivity contribution in [2.45, 2.75) is 79.1 Å². The van der Waals surface area contributed by atoms with Gasteiger partial charge in [0.2, 0.25) is 0 Å². The monoisotopic (exact) mass is 521 g/mol. The summed E-state index contributed by atoms with van der Waals surface area (Å²) in [5, 5.41) is 0. The van der Waals surface area contributed by atoms with Gasteiger partial charge in [0.15, 0.2) is 5.71 Å². The highest BCUT2D eigenvalue weighted by Crippen LogP contribution is 2.43. The fourth-order valence-corrected chi connectivity index (χ4v) is 5.82. The van der Waals surface area contributed by atoms with E-state index in [9.17, 15) is 0 Å². The molecule has 1 aromatic carbocycles. The van der Waals surface area contributed by atoms with Gasteiger partial charge in [0.25, 0.3) is 0 Å². The maximum absolute atomic E-state index is 5.90. The van der Waals surface area contributed by atoms with E-state index in [1.807, 2.05) is 0 Å². The zero-order chi connectivity index (χ0) is 25.9. The molecule has 2 aliphatic carbocycles. The molecule has 0 radical (unpaired) electrons. The van der Waals surface area contributed by atoms with E-state index in [1.54, 1.807) is 0 Å². The van der Waals surface area contributed by atoms with Gasteiger partial charge in [-0.3, -0.25) is 0 Å². The predicted molar refractivity (Wildman–Crippen MR) is 167 cm³/mol. The largest absolute Gasteiger partial charge is 0.372 e. The van der Waals surface area contributed by atoms with Crippen molar-refractivity contribution in [1.29, 1.82) is 0 Å². The first-order valence-electron chi connectivity index (χ1n) is 14.1. The number of thiol groups is 1. The van der Waals surface area contributed by atoms with Crippen LogP contribution in [-0.2, 0) is 0 Å². The predicted octanol–water partition coefficient (Wildman–Crippen LogP) is 8.59. The van der Waals surface area contributed by atoms with E-state index in [4.69, 9.17) is 24.8 Å². The van der Waals surface area contributed by atoms with Gasteiger partial charge >= 0.3 is 0 Å². The standard InChI is InChI=1S/C32H44N2S2/c1-5-9-21-33(22-10-6-2)27-17-13-25(14-18-27)29-31(35)30(32(29)36)26-15-19-28(20-16-26)34(23-11-7-3)24-12-8-4/h13-20H,5-12,21-24H2,1-4H3/p+1. The Labute approximate surface area is 231 Å². The van der Waals surface area contributed by atoms with Crippen LogP contribution in [0.4, 0.5) is 5.69 Å². The van der Waals surface area contributed by atoms with Crippen molar-refractivity contribution in [3.63, 3.8) is 0 Å². The number of unbranched alkanes of at least 4 members (excludes halogenated alkanes) is 4. The number of nitrogens with zero attached hydrogens (tertiary/aromatic N) is 2. The topological polar surface area (TPSA) is 6.25 Å².